The van der Waals surface area contributed by atoms with Crippen LogP contribution >= 0.6 is 12.4 Å². The molecular formula is C13H17ClN2O2. The molecule has 4 nitrogen and oxygen atoms in total. The van der Waals surface area contributed by atoms with Crippen molar-refractivity contribution in [1.82, 2.24) is 5.32 Å². The van der Waals surface area contributed by atoms with Gasteiger partial charge in [-0.05, 0) is 25.8 Å². The molecule has 0 amide bonds. The van der Waals surface area contributed by atoms with Crippen LogP contribution in [0, 0.1) is 0 Å². The number of halogens is 1. The first-order valence-electron chi connectivity index (χ1n) is 5.61. The molecule has 98 valence electrons. The zero-order valence-electron chi connectivity index (χ0n) is 10.4. The Balaban J connectivity index is 0.00000162. The molecule has 1 aliphatic rings. The smallest absolute Gasteiger partial charge is 0.325 e. The number of aliphatic carboxylic acids is 1. The molecule has 5 heteroatoms. The fourth-order valence-electron chi connectivity index (χ4n) is 2.09. The van der Waals surface area contributed by atoms with E-state index in [0.29, 0.717) is 5.84 Å². The lowest BCUT2D eigenvalue weighted by molar-refractivity contribution is -0.135. The van der Waals surface area contributed by atoms with Crippen LogP contribution in [0.1, 0.15) is 25.0 Å². The molecule has 2 N–H and O–H groups in total. The zero-order valence-corrected chi connectivity index (χ0v) is 11.3. The summed E-state index contributed by atoms with van der Waals surface area (Å²) >= 11 is 0. The number of fused-ring (bicyclic) bond motifs is 1. The van der Waals surface area contributed by atoms with Crippen LogP contribution in [0.25, 0.3) is 0 Å². The minimum Gasteiger partial charge on any atom is -0.480 e. The highest BCUT2D eigenvalue weighted by molar-refractivity contribution is 6.02. The molecule has 0 unspecified atom stereocenters. The monoisotopic (exact) mass is 268 g/mol. The first kappa shape index (κ1) is 14.5. The van der Waals surface area contributed by atoms with E-state index in [-0.39, 0.29) is 24.5 Å². The molecule has 1 aromatic rings. The summed E-state index contributed by atoms with van der Waals surface area (Å²) in [4.78, 5) is 14.7. The van der Waals surface area contributed by atoms with Crippen LogP contribution in [0.4, 0.5) is 0 Å². The highest BCUT2D eigenvalue weighted by Gasteiger charge is 2.27. The van der Waals surface area contributed by atoms with Crippen LogP contribution < -0.4 is 5.32 Å². The Morgan fingerprint density at radius 3 is 2.78 bits per heavy atom. The summed E-state index contributed by atoms with van der Waals surface area (Å²) in [5, 5.41) is 12.0. The number of rotatable bonds is 2. The number of hydrogen-bond donors (Lipinski definition) is 2. The van der Waals surface area contributed by atoms with Crippen LogP contribution in [-0.2, 0) is 11.2 Å². The van der Waals surface area contributed by atoms with E-state index in [1.54, 1.807) is 0 Å². The summed E-state index contributed by atoms with van der Waals surface area (Å²) in [5.74, 6) is -0.237. The van der Waals surface area contributed by atoms with Crippen molar-refractivity contribution in [3.63, 3.8) is 0 Å². The first-order chi connectivity index (χ1) is 7.98. The first-order valence-corrected chi connectivity index (χ1v) is 5.61. The van der Waals surface area contributed by atoms with Gasteiger partial charge in [0.1, 0.15) is 12.4 Å². The second-order valence-corrected chi connectivity index (χ2v) is 4.90. The van der Waals surface area contributed by atoms with Gasteiger partial charge in [0.05, 0.1) is 0 Å². The number of nitrogens with zero attached hydrogens (tertiary/aromatic N) is 1. The van der Waals surface area contributed by atoms with Gasteiger partial charge in [0.15, 0.2) is 0 Å². The second kappa shape index (κ2) is 5.40. The predicted molar refractivity (Wildman–Crippen MR) is 73.6 cm³/mol. The molecule has 1 aromatic carbocycles. The minimum absolute atomic E-state index is 0. The lowest BCUT2D eigenvalue weighted by Gasteiger charge is -2.34. The summed E-state index contributed by atoms with van der Waals surface area (Å²) in [6, 6.07) is 7.97. The van der Waals surface area contributed by atoms with Crippen molar-refractivity contribution in [2.24, 2.45) is 4.99 Å². The van der Waals surface area contributed by atoms with E-state index < -0.39 is 5.97 Å². The van der Waals surface area contributed by atoms with E-state index in [4.69, 9.17) is 5.11 Å². The van der Waals surface area contributed by atoms with Crippen LogP contribution in [0.3, 0.4) is 0 Å². The molecule has 0 radical (unpaired) electrons. The number of nitrogens with one attached hydrogen (secondary N) is 1. The molecule has 0 aliphatic carbocycles. The Morgan fingerprint density at radius 1 is 1.44 bits per heavy atom. The molecule has 0 saturated heterocycles. The lowest BCUT2D eigenvalue weighted by atomic mass is 9.87. The number of benzene rings is 1. The van der Waals surface area contributed by atoms with Crippen LogP contribution in [0.15, 0.2) is 29.3 Å². The summed E-state index contributed by atoms with van der Waals surface area (Å²) in [6.07, 6.45) is 0.912. The molecule has 0 saturated carbocycles. The van der Waals surface area contributed by atoms with Gasteiger partial charge >= 0.3 is 5.97 Å². The van der Waals surface area contributed by atoms with Crippen molar-refractivity contribution in [3.05, 3.63) is 35.4 Å². The summed E-state index contributed by atoms with van der Waals surface area (Å²) in [7, 11) is 0. The maximum atomic E-state index is 10.6. The lowest BCUT2D eigenvalue weighted by Crippen LogP contribution is -2.49. The highest BCUT2D eigenvalue weighted by Crippen LogP contribution is 2.22. The predicted octanol–water partition coefficient (Wildman–Crippen LogP) is 1.86. The van der Waals surface area contributed by atoms with Crippen LogP contribution in [-0.4, -0.2) is 29.0 Å². The SMILES string of the molecule is CC1(C)Cc2ccccc2C(=NCC(=O)O)N1.Cl. The van der Waals surface area contributed by atoms with E-state index >= 15 is 0 Å². The van der Waals surface area contributed by atoms with Gasteiger partial charge in [0.25, 0.3) is 0 Å². The Labute approximate surface area is 113 Å². The molecule has 0 atom stereocenters. The number of hydrogen-bond acceptors (Lipinski definition) is 2. The quantitative estimate of drug-likeness (QED) is 0.861. The average Bonchev–Trinajstić information content (AvgIpc) is 2.24. The molecule has 1 aliphatic heterocycles. The molecular weight excluding hydrogens is 252 g/mol. The van der Waals surface area contributed by atoms with Gasteiger partial charge in [-0.25, -0.2) is 0 Å². The van der Waals surface area contributed by atoms with Gasteiger partial charge in [-0.2, -0.15) is 0 Å². The Bertz CT molecular complexity index is 484. The van der Waals surface area contributed by atoms with E-state index in [2.05, 4.69) is 30.2 Å². The molecule has 1 heterocycles. The van der Waals surface area contributed by atoms with Gasteiger partial charge in [0.2, 0.25) is 0 Å². The number of amidine groups is 1. The average molecular weight is 269 g/mol. The molecule has 0 fully saturated rings. The van der Waals surface area contributed by atoms with Crippen molar-refractivity contribution in [3.8, 4) is 0 Å². The number of carboxylic acids is 1. The number of carboxylic acid groups (broad SMARTS) is 1. The normalized spacial score (nSPS) is 18.4. The van der Waals surface area contributed by atoms with E-state index in [9.17, 15) is 4.79 Å². The summed E-state index contributed by atoms with van der Waals surface area (Å²) in [5.41, 5.74) is 2.12. The molecule has 0 aromatic heterocycles. The van der Waals surface area contributed by atoms with Gasteiger partial charge in [-0.3, -0.25) is 9.79 Å². The molecule has 2 rings (SSSR count). The summed E-state index contributed by atoms with van der Waals surface area (Å²) in [6.45, 7) is 3.96. The summed E-state index contributed by atoms with van der Waals surface area (Å²) < 4.78 is 0. The second-order valence-electron chi connectivity index (χ2n) is 4.90. The van der Waals surface area contributed by atoms with Gasteiger partial charge in [-0.15, -0.1) is 12.4 Å². The Kier molecular flexibility index (Phi) is 4.35. The number of carbonyl (C=O) groups is 1. The Morgan fingerprint density at radius 2 is 2.11 bits per heavy atom. The van der Waals surface area contributed by atoms with Crippen molar-refractivity contribution in [2.45, 2.75) is 25.8 Å². The maximum Gasteiger partial charge on any atom is 0.325 e. The van der Waals surface area contributed by atoms with Crippen molar-refractivity contribution in [2.75, 3.05) is 6.54 Å². The van der Waals surface area contributed by atoms with E-state index in [1.807, 2.05) is 18.2 Å². The number of aliphatic imine (C=N–C) groups is 1. The fourth-order valence-corrected chi connectivity index (χ4v) is 2.09. The van der Waals surface area contributed by atoms with Gasteiger partial charge in [-0.1, -0.05) is 24.3 Å². The van der Waals surface area contributed by atoms with Crippen molar-refractivity contribution >= 4 is 24.2 Å². The topological polar surface area (TPSA) is 61.7 Å². The zero-order chi connectivity index (χ0) is 12.5. The van der Waals surface area contributed by atoms with Gasteiger partial charge < -0.3 is 10.4 Å². The molecule has 0 bridgehead atoms. The molecule has 18 heavy (non-hydrogen) atoms. The maximum absolute atomic E-state index is 10.6. The van der Waals surface area contributed by atoms with E-state index in [1.165, 1.54) is 5.56 Å². The van der Waals surface area contributed by atoms with Crippen LogP contribution in [0.2, 0.25) is 0 Å². The highest BCUT2D eigenvalue weighted by atomic mass is 35.5. The standard InChI is InChI=1S/C13H16N2O2.ClH/c1-13(2)7-9-5-3-4-6-10(9)12(15-13)14-8-11(16)17;/h3-6H,7-8H2,1-2H3,(H,14,15)(H,16,17);1H. The third kappa shape index (κ3) is 3.23. The third-order valence-corrected chi connectivity index (χ3v) is 2.73. The van der Waals surface area contributed by atoms with E-state index in [0.717, 1.165) is 12.0 Å². The Hall–Kier alpha value is -1.55. The minimum atomic E-state index is -0.917. The van der Waals surface area contributed by atoms with Crippen molar-refractivity contribution in [1.29, 1.82) is 0 Å². The third-order valence-electron chi connectivity index (χ3n) is 2.73. The fraction of sp³-hybridized carbons (Fsp3) is 0.385. The van der Waals surface area contributed by atoms with Gasteiger partial charge in [0, 0.05) is 11.1 Å². The molecule has 0 spiro atoms. The van der Waals surface area contributed by atoms with Crippen LogP contribution in [0.5, 0.6) is 0 Å². The van der Waals surface area contributed by atoms with Crippen molar-refractivity contribution < 1.29 is 9.90 Å². The largest absolute Gasteiger partial charge is 0.480 e.